The summed E-state index contributed by atoms with van der Waals surface area (Å²) in [6, 6.07) is 22.4. The van der Waals surface area contributed by atoms with Gasteiger partial charge in [0.1, 0.15) is 5.82 Å². The lowest BCUT2D eigenvalue weighted by molar-refractivity contribution is 0.948. The van der Waals surface area contributed by atoms with Gasteiger partial charge in [-0.3, -0.25) is 4.57 Å². The van der Waals surface area contributed by atoms with E-state index in [-0.39, 0.29) is 6.71 Å². The van der Waals surface area contributed by atoms with Crippen molar-refractivity contribution in [3.8, 4) is 28.3 Å². The third kappa shape index (κ3) is 5.57. The Morgan fingerprint density at radius 2 is 1.09 bits per heavy atom. The van der Waals surface area contributed by atoms with Crippen molar-refractivity contribution in [2.45, 2.75) is 62.3 Å². The van der Waals surface area contributed by atoms with E-state index < -0.39 is 0 Å². The molecule has 6 aromatic rings. The van der Waals surface area contributed by atoms with Gasteiger partial charge in [-0.05, 0) is 79.5 Å². The van der Waals surface area contributed by atoms with Crippen molar-refractivity contribution in [1.82, 2.24) is 19.1 Å². The minimum absolute atomic E-state index is 0.0134. The second-order valence-corrected chi connectivity index (χ2v) is 13.1. The molecule has 0 saturated carbocycles. The van der Waals surface area contributed by atoms with Crippen LogP contribution < -0.4 is 16.6 Å². The molecule has 226 valence electrons. The van der Waals surface area contributed by atoms with Gasteiger partial charge in [0.2, 0.25) is 0 Å². The molecular formula is C40H43BN4. The van der Waals surface area contributed by atoms with E-state index >= 15 is 0 Å². The van der Waals surface area contributed by atoms with E-state index in [1.165, 1.54) is 66.7 Å². The van der Waals surface area contributed by atoms with E-state index in [9.17, 15) is 0 Å². The van der Waals surface area contributed by atoms with E-state index in [0.717, 1.165) is 28.4 Å². The maximum atomic E-state index is 5.42. The van der Waals surface area contributed by atoms with Crippen molar-refractivity contribution < 1.29 is 0 Å². The van der Waals surface area contributed by atoms with Crippen molar-refractivity contribution in [2.24, 2.45) is 7.05 Å². The molecule has 2 heterocycles. The highest BCUT2D eigenvalue weighted by Crippen LogP contribution is 2.29. The molecule has 0 amide bonds. The molecule has 0 aliphatic heterocycles. The molecule has 0 bridgehead atoms. The smallest absolute Gasteiger partial charge is 0.288 e. The lowest BCUT2D eigenvalue weighted by atomic mass is 9.37. The molecule has 5 heteroatoms. The molecule has 0 atom stereocenters. The fourth-order valence-corrected chi connectivity index (χ4v) is 7.65. The van der Waals surface area contributed by atoms with Gasteiger partial charge in [0.25, 0.3) is 6.71 Å². The van der Waals surface area contributed by atoms with Crippen molar-refractivity contribution in [3.63, 3.8) is 0 Å². The van der Waals surface area contributed by atoms with Gasteiger partial charge >= 0.3 is 0 Å². The first-order valence-corrected chi connectivity index (χ1v) is 15.8. The van der Waals surface area contributed by atoms with Gasteiger partial charge in [0, 0.05) is 36.8 Å². The number of aryl methyl sites for hydroxylation is 10. The Hall–Kier alpha value is -4.64. The second-order valence-electron chi connectivity index (χ2n) is 13.1. The molecule has 2 aromatic heterocycles. The number of imidazole rings is 2. The minimum atomic E-state index is 0.0134. The van der Waals surface area contributed by atoms with Crippen LogP contribution in [-0.2, 0) is 7.05 Å². The van der Waals surface area contributed by atoms with Crippen LogP contribution in [0.4, 0.5) is 0 Å². The molecular weight excluding hydrogens is 547 g/mol. The quantitative estimate of drug-likeness (QED) is 0.192. The Balaban J connectivity index is 1.49. The van der Waals surface area contributed by atoms with Gasteiger partial charge < -0.3 is 4.57 Å². The maximum Gasteiger partial charge on any atom is 0.288 e. The molecule has 0 spiro atoms. The van der Waals surface area contributed by atoms with Gasteiger partial charge in [-0.15, -0.1) is 0 Å². The largest absolute Gasteiger partial charge is 0.345 e. The molecule has 45 heavy (non-hydrogen) atoms. The number of nitrogens with zero attached hydrogens (tertiary/aromatic N) is 4. The highest BCUT2D eigenvalue weighted by molar-refractivity contribution is 6.95. The zero-order valence-electron chi connectivity index (χ0n) is 28.4. The number of aromatic nitrogens is 4. The van der Waals surface area contributed by atoms with Crippen LogP contribution in [-0.4, -0.2) is 25.8 Å². The third-order valence-electron chi connectivity index (χ3n) is 9.16. The summed E-state index contributed by atoms with van der Waals surface area (Å²) >= 11 is 0. The van der Waals surface area contributed by atoms with Crippen LogP contribution in [0.3, 0.4) is 0 Å². The normalized spacial score (nSPS) is 11.3. The summed E-state index contributed by atoms with van der Waals surface area (Å²) < 4.78 is 4.44. The van der Waals surface area contributed by atoms with Gasteiger partial charge in [0.15, 0.2) is 0 Å². The number of benzene rings is 4. The van der Waals surface area contributed by atoms with Crippen LogP contribution in [0.1, 0.15) is 50.1 Å². The van der Waals surface area contributed by atoms with E-state index in [1.807, 2.05) is 6.20 Å². The van der Waals surface area contributed by atoms with Gasteiger partial charge in [-0.25, -0.2) is 9.97 Å². The first kappa shape index (κ1) is 30.4. The lowest BCUT2D eigenvalue weighted by Gasteiger charge is -2.23. The van der Waals surface area contributed by atoms with Crippen LogP contribution in [0, 0.1) is 62.3 Å². The van der Waals surface area contributed by atoms with Crippen molar-refractivity contribution in [3.05, 3.63) is 129 Å². The predicted molar refractivity (Wildman–Crippen MR) is 191 cm³/mol. The van der Waals surface area contributed by atoms with Crippen LogP contribution in [0.2, 0.25) is 0 Å². The van der Waals surface area contributed by atoms with Gasteiger partial charge in [0.05, 0.1) is 17.1 Å². The van der Waals surface area contributed by atoms with Gasteiger partial charge in [-0.2, -0.15) is 0 Å². The van der Waals surface area contributed by atoms with Crippen LogP contribution in [0.25, 0.3) is 28.3 Å². The summed E-state index contributed by atoms with van der Waals surface area (Å²) in [5.41, 5.74) is 19.6. The van der Waals surface area contributed by atoms with E-state index in [0.29, 0.717) is 0 Å². The van der Waals surface area contributed by atoms with Crippen molar-refractivity contribution in [2.75, 3.05) is 0 Å². The first-order valence-electron chi connectivity index (χ1n) is 15.8. The topological polar surface area (TPSA) is 35.6 Å². The lowest BCUT2D eigenvalue weighted by Crippen LogP contribution is -2.58. The summed E-state index contributed by atoms with van der Waals surface area (Å²) in [5, 5.41) is 0. The molecule has 4 nitrogen and oxygen atoms in total. The number of hydrogen-bond donors (Lipinski definition) is 0. The highest BCUT2D eigenvalue weighted by atomic mass is 15.1. The van der Waals surface area contributed by atoms with E-state index in [2.05, 4.69) is 152 Å². The van der Waals surface area contributed by atoms with Crippen LogP contribution >= 0.6 is 0 Å². The van der Waals surface area contributed by atoms with E-state index in [1.54, 1.807) is 0 Å². The second kappa shape index (κ2) is 11.7. The summed E-state index contributed by atoms with van der Waals surface area (Å²) in [4.78, 5) is 10.2. The van der Waals surface area contributed by atoms with Crippen LogP contribution in [0.15, 0.2) is 79.3 Å². The zero-order valence-corrected chi connectivity index (χ0v) is 28.4. The Morgan fingerprint density at radius 1 is 0.600 bits per heavy atom. The monoisotopic (exact) mass is 590 g/mol. The summed E-state index contributed by atoms with van der Waals surface area (Å²) in [5.74, 6) is 0.928. The predicted octanol–water partition coefficient (Wildman–Crippen LogP) is 7.23. The maximum absolute atomic E-state index is 5.42. The Bertz CT molecular complexity index is 1950. The standard InChI is InChI=1S/C40H43BN4/c1-24-16-27(4)36(28(5)17-24)41(37-29(6)18-25(2)19-30(37)7)40-43-35(23-44(40)10)33-12-11-13-34(22-33)39-42-14-15-45(39)38-31(8)20-26(3)21-32(38)9/h11-23H,1-10H3. The summed E-state index contributed by atoms with van der Waals surface area (Å²) in [6.45, 7) is 19.9. The summed E-state index contributed by atoms with van der Waals surface area (Å²) in [6.07, 6.45) is 6.14. The Kier molecular flexibility index (Phi) is 7.90. The molecule has 0 unspecified atom stereocenters. The molecule has 0 N–H and O–H groups in total. The highest BCUT2D eigenvalue weighted by Gasteiger charge is 2.32. The fourth-order valence-electron chi connectivity index (χ4n) is 7.65. The average molecular weight is 591 g/mol. The molecule has 0 radical (unpaired) electrons. The number of hydrogen-bond acceptors (Lipinski definition) is 2. The van der Waals surface area contributed by atoms with Crippen molar-refractivity contribution >= 4 is 23.4 Å². The fraction of sp³-hybridized carbons (Fsp3) is 0.250. The van der Waals surface area contributed by atoms with Crippen LogP contribution in [0.5, 0.6) is 0 Å². The Labute approximate surface area is 268 Å². The van der Waals surface area contributed by atoms with E-state index in [4.69, 9.17) is 9.97 Å². The molecule has 4 aromatic carbocycles. The average Bonchev–Trinajstić information content (AvgIpc) is 3.58. The third-order valence-corrected chi connectivity index (χ3v) is 9.16. The molecule has 0 aliphatic rings. The number of rotatable bonds is 6. The SMILES string of the molecule is Cc1cc(C)c(B(c2c(C)cc(C)cc2C)c2nc(-c3cccc(-c4nccn4-c4c(C)cc(C)cc4C)c3)cn2C)c(C)c1. The first-order chi connectivity index (χ1) is 21.4. The zero-order chi connectivity index (χ0) is 32.2. The molecule has 0 fully saturated rings. The molecule has 6 rings (SSSR count). The van der Waals surface area contributed by atoms with Crippen molar-refractivity contribution in [1.29, 1.82) is 0 Å². The molecule has 0 saturated heterocycles. The molecule has 0 aliphatic carbocycles. The Morgan fingerprint density at radius 3 is 1.62 bits per heavy atom. The van der Waals surface area contributed by atoms with Gasteiger partial charge in [-0.1, -0.05) is 104 Å². The minimum Gasteiger partial charge on any atom is -0.345 e. The summed E-state index contributed by atoms with van der Waals surface area (Å²) in [7, 11) is 2.13.